The van der Waals surface area contributed by atoms with Gasteiger partial charge in [0.25, 0.3) is 0 Å². The summed E-state index contributed by atoms with van der Waals surface area (Å²) in [6.07, 6.45) is 0. The van der Waals surface area contributed by atoms with Crippen LogP contribution in [0.15, 0.2) is 53.4 Å². The molecule has 0 aliphatic heterocycles. The molecule has 0 spiro atoms. The monoisotopic (exact) mass is 275 g/mol. The van der Waals surface area contributed by atoms with Gasteiger partial charge in [0, 0.05) is 9.92 Å². The topological polar surface area (TPSA) is 40.9 Å². The molecule has 1 atom stereocenters. The van der Waals surface area contributed by atoms with Gasteiger partial charge in [0.1, 0.15) is 0 Å². The van der Waals surface area contributed by atoms with E-state index in [-0.39, 0.29) is 0 Å². The molecule has 2 rings (SSSR count). The van der Waals surface area contributed by atoms with Crippen molar-refractivity contribution in [3.05, 3.63) is 64.7 Å². The Bertz CT molecular complexity index is 634. The molecule has 0 heterocycles. The third kappa shape index (κ3) is 2.98. The van der Waals surface area contributed by atoms with Gasteiger partial charge in [-0.2, -0.15) is 5.26 Å². The fourth-order valence-corrected chi connectivity index (χ4v) is 3.03. The normalized spacial score (nSPS) is 11.8. The Morgan fingerprint density at radius 3 is 2.67 bits per heavy atom. The molecular weight excluding hydrogens is 266 g/mol. The quantitative estimate of drug-likeness (QED) is 0.860. The summed E-state index contributed by atoms with van der Waals surface area (Å²) in [5, 5.41) is 9.54. The van der Waals surface area contributed by atoms with E-state index < -0.39 is 10.8 Å². The maximum Gasteiger partial charge on any atom is 0.0994 e. The first-order valence-corrected chi connectivity index (χ1v) is 7.02. The van der Waals surface area contributed by atoms with Crippen molar-refractivity contribution in [2.45, 2.75) is 10.6 Å². The van der Waals surface area contributed by atoms with Crippen molar-refractivity contribution in [3.63, 3.8) is 0 Å². The SMILES string of the molecule is N#Cc1ccccc1CS(=O)c1cccc(Cl)c1. The highest BCUT2D eigenvalue weighted by atomic mass is 35.5. The molecule has 90 valence electrons. The molecule has 0 radical (unpaired) electrons. The summed E-state index contributed by atoms with van der Waals surface area (Å²) in [7, 11) is -1.19. The van der Waals surface area contributed by atoms with Gasteiger partial charge in [-0.15, -0.1) is 0 Å². The van der Waals surface area contributed by atoms with E-state index in [1.54, 1.807) is 36.4 Å². The smallest absolute Gasteiger partial charge is 0.0994 e. The maximum atomic E-state index is 12.2. The van der Waals surface area contributed by atoms with Crippen molar-refractivity contribution in [1.29, 1.82) is 5.26 Å². The lowest BCUT2D eigenvalue weighted by Gasteiger charge is -2.04. The summed E-state index contributed by atoms with van der Waals surface area (Å²) in [5.41, 5.74) is 1.35. The Morgan fingerprint density at radius 2 is 1.94 bits per heavy atom. The number of nitrogens with zero attached hydrogens (tertiary/aromatic N) is 1. The van der Waals surface area contributed by atoms with Crippen molar-refractivity contribution < 1.29 is 4.21 Å². The summed E-state index contributed by atoms with van der Waals surface area (Å²) in [4.78, 5) is 0.676. The molecule has 1 unspecified atom stereocenters. The number of hydrogen-bond acceptors (Lipinski definition) is 2. The maximum absolute atomic E-state index is 12.2. The minimum Gasteiger partial charge on any atom is -0.254 e. The van der Waals surface area contributed by atoms with E-state index in [4.69, 9.17) is 16.9 Å². The largest absolute Gasteiger partial charge is 0.254 e. The lowest BCUT2D eigenvalue weighted by atomic mass is 10.1. The van der Waals surface area contributed by atoms with Crippen LogP contribution in [0.25, 0.3) is 0 Å². The van der Waals surface area contributed by atoms with Crippen molar-refractivity contribution in [2.75, 3.05) is 0 Å². The average molecular weight is 276 g/mol. The lowest BCUT2D eigenvalue weighted by molar-refractivity contribution is 0.682. The van der Waals surface area contributed by atoms with E-state index in [0.29, 0.717) is 21.2 Å². The molecular formula is C14H10ClNOS. The van der Waals surface area contributed by atoms with E-state index in [0.717, 1.165) is 5.56 Å². The first kappa shape index (κ1) is 12.8. The van der Waals surface area contributed by atoms with Crippen LogP contribution in [0.5, 0.6) is 0 Å². The van der Waals surface area contributed by atoms with Gasteiger partial charge >= 0.3 is 0 Å². The van der Waals surface area contributed by atoms with Crippen molar-refractivity contribution in [1.82, 2.24) is 0 Å². The zero-order valence-corrected chi connectivity index (χ0v) is 11.0. The first-order valence-electron chi connectivity index (χ1n) is 5.32. The molecule has 0 saturated carbocycles. The van der Waals surface area contributed by atoms with Gasteiger partial charge in [-0.05, 0) is 29.8 Å². The van der Waals surface area contributed by atoms with Crippen LogP contribution in [0.1, 0.15) is 11.1 Å². The standard InChI is InChI=1S/C14H10ClNOS/c15-13-6-3-7-14(8-13)18(17)10-12-5-2-1-4-11(12)9-16/h1-8H,10H2. The third-order valence-corrected chi connectivity index (χ3v) is 4.07. The highest BCUT2D eigenvalue weighted by Crippen LogP contribution is 2.18. The van der Waals surface area contributed by atoms with Crippen LogP contribution in [0.3, 0.4) is 0 Å². The number of hydrogen-bond donors (Lipinski definition) is 0. The molecule has 0 fully saturated rings. The molecule has 0 amide bonds. The van der Waals surface area contributed by atoms with Crippen LogP contribution >= 0.6 is 11.6 Å². The van der Waals surface area contributed by atoms with Crippen molar-refractivity contribution in [2.24, 2.45) is 0 Å². The van der Waals surface area contributed by atoms with E-state index in [2.05, 4.69) is 6.07 Å². The van der Waals surface area contributed by atoms with Gasteiger partial charge < -0.3 is 0 Å². The fourth-order valence-electron chi connectivity index (χ4n) is 1.59. The molecule has 2 aromatic rings. The van der Waals surface area contributed by atoms with Gasteiger partial charge in [-0.1, -0.05) is 35.9 Å². The van der Waals surface area contributed by atoms with E-state index in [9.17, 15) is 4.21 Å². The lowest BCUT2D eigenvalue weighted by Crippen LogP contribution is -1.98. The fraction of sp³-hybridized carbons (Fsp3) is 0.0714. The molecule has 2 nitrogen and oxygen atoms in total. The summed E-state index contributed by atoms with van der Waals surface area (Å²) in [6, 6.07) is 16.3. The van der Waals surface area contributed by atoms with Crippen LogP contribution < -0.4 is 0 Å². The molecule has 18 heavy (non-hydrogen) atoms. The highest BCUT2D eigenvalue weighted by molar-refractivity contribution is 7.84. The van der Waals surface area contributed by atoms with Crippen LogP contribution in [-0.4, -0.2) is 4.21 Å². The molecule has 4 heteroatoms. The minimum absolute atomic E-state index is 0.323. The number of rotatable bonds is 3. The minimum atomic E-state index is -1.19. The zero-order chi connectivity index (χ0) is 13.0. The third-order valence-electron chi connectivity index (χ3n) is 2.48. The van der Waals surface area contributed by atoms with Gasteiger partial charge in [-0.25, -0.2) is 0 Å². The Kier molecular flexibility index (Phi) is 4.14. The van der Waals surface area contributed by atoms with Crippen LogP contribution in [0.2, 0.25) is 5.02 Å². The van der Waals surface area contributed by atoms with E-state index in [1.165, 1.54) is 0 Å². The Balaban J connectivity index is 2.25. The predicted molar refractivity (Wildman–Crippen MR) is 72.7 cm³/mol. The average Bonchev–Trinajstić information content (AvgIpc) is 2.39. The first-order chi connectivity index (χ1) is 8.70. The molecule has 0 saturated heterocycles. The summed E-state index contributed by atoms with van der Waals surface area (Å²) < 4.78 is 12.2. The molecule has 2 aromatic carbocycles. The summed E-state index contributed by atoms with van der Waals surface area (Å²) in [6.45, 7) is 0. The molecule has 0 N–H and O–H groups in total. The molecule has 0 aliphatic carbocycles. The van der Waals surface area contributed by atoms with E-state index >= 15 is 0 Å². The molecule has 0 bridgehead atoms. The van der Waals surface area contributed by atoms with Gasteiger partial charge in [-0.3, -0.25) is 4.21 Å². The Hall–Kier alpha value is -1.63. The second-order valence-electron chi connectivity index (χ2n) is 3.72. The molecule has 0 aromatic heterocycles. The second kappa shape index (κ2) is 5.81. The van der Waals surface area contributed by atoms with Crippen LogP contribution in [0, 0.1) is 11.3 Å². The van der Waals surface area contributed by atoms with Crippen molar-refractivity contribution >= 4 is 22.4 Å². The van der Waals surface area contributed by atoms with E-state index in [1.807, 2.05) is 12.1 Å². The number of nitriles is 1. The van der Waals surface area contributed by atoms with Gasteiger partial charge in [0.05, 0.1) is 28.2 Å². The molecule has 0 aliphatic rings. The van der Waals surface area contributed by atoms with Crippen molar-refractivity contribution in [3.8, 4) is 6.07 Å². The van der Waals surface area contributed by atoms with Gasteiger partial charge in [0.15, 0.2) is 0 Å². The number of halogens is 1. The number of benzene rings is 2. The Labute approximate surface area is 113 Å². The summed E-state index contributed by atoms with van der Waals surface area (Å²) >= 11 is 5.86. The highest BCUT2D eigenvalue weighted by Gasteiger charge is 2.08. The Morgan fingerprint density at radius 1 is 1.17 bits per heavy atom. The predicted octanol–water partition coefficient (Wildman–Crippen LogP) is 3.52. The summed E-state index contributed by atoms with van der Waals surface area (Å²) in [5.74, 6) is 0.323. The van der Waals surface area contributed by atoms with Gasteiger partial charge in [0.2, 0.25) is 0 Å². The van der Waals surface area contributed by atoms with Crippen LogP contribution in [-0.2, 0) is 16.6 Å². The zero-order valence-electron chi connectivity index (χ0n) is 9.47. The van der Waals surface area contributed by atoms with Crippen LogP contribution in [0.4, 0.5) is 0 Å². The second-order valence-corrected chi connectivity index (χ2v) is 5.60.